The molecule has 1 atom stereocenters. The lowest BCUT2D eigenvalue weighted by Crippen LogP contribution is -2.32. The molecule has 4 rings (SSSR count). The monoisotopic (exact) mass is 324 g/mol. The molecule has 0 bridgehead atoms. The van der Waals surface area contributed by atoms with Gasteiger partial charge in [0.25, 0.3) is 0 Å². The van der Waals surface area contributed by atoms with Crippen LogP contribution in [0.4, 0.5) is 0 Å². The zero-order valence-corrected chi connectivity index (χ0v) is 14.6. The lowest BCUT2D eigenvalue weighted by Gasteiger charge is -2.37. The molecule has 3 nitrogen and oxygen atoms in total. The summed E-state index contributed by atoms with van der Waals surface area (Å²) < 4.78 is 18.1. The molecule has 1 fully saturated rings. The third-order valence-electron chi connectivity index (χ3n) is 5.34. The molecule has 3 heterocycles. The zero-order valence-electron chi connectivity index (χ0n) is 14.6. The van der Waals surface area contributed by atoms with Crippen LogP contribution < -0.4 is 0 Å². The summed E-state index contributed by atoms with van der Waals surface area (Å²) >= 11 is 0. The first kappa shape index (κ1) is 15.4. The number of hydrogen-bond acceptors (Lipinski definition) is 3. The molecular weight excluding hydrogens is 300 g/mol. The van der Waals surface area contributed by atoms with Crippen molar-refractivity contribution < 1.29 is 13.3 Å². The fourth-order valence-electron chi connectivity index (χ4n) is 4.14. The minimum absolute atomic E-state index is 0.202. The highest BCUT2D eigenvalue weighted by atomic mass is 16.4. The van der Waals surface area contributed by atoms with E-state index in [2.05, 4.69) is 24.3 Å². The molecule has 1 aliphatic rings. The first-order chi connectivity index (χ1) is 11.6. The molecule has 1 saturated carbocycles. The third-order valence-corrected chi connectivity index (χ3v) is 5.34. The van der Waals surface area contributed by atoms with Gasteiger partial charge in [0, 0.05) is 5.92 Å². The van der Waals surface area contributed by atoms with Crippen LogP contribution in [0.15, 0.2) is 49.6 Å². The van der Waals surface area contributed by atoms with E-state index in [-0.39, 0.29) is 5.41 Å². The van der Waals surface area contributed by atoms with Crippen molar-refractivity contribution in [3.05, 3.63) is 71.0 Å². The number of furan rings is 3. The van der Waals surface area contributed by atoms with Crippen molar-refractivity contribution in [1.82, 2.24) is 0 Å². The first-order valence-corrected chi connectivity index (χ1v) is 8.77. The zero-order chi connectivity index (χ0) is 16.7. The molecular formula is C21H24O3. The van der Waals surface area contributed by atoms with Crippen molar-refractivity contribution in [2.75, 3.05) is 0 Å². The van der Waals surface area contributed by atoms with E-state index < -0.39 is 0 Å². The van der Waals surface area contributed by atoms with Crippen molar-refractivity contribution in [3.63, 3.8) is 0 Å². The van der Waals surface area contributed by atoms with Gasteiger partial charge in [-0.05, 0) is 76.4 Å². The summed E-state index contributed by atoms with van der Waals surface area (Å²) in [5.74, 6) is 6.38. The molecule has 0 aromatic carbocycles. The second kappa shape index (κ2) is 5.73. The van der Waals surface area contributed by atoms with Crippen molar-refractivity contribution in [3.8, 4) is 0 Å². The number of aryl methyl sites for hydroxylation is 3. The van der Waals surface area contributed by atoms with Gasteiger partial charge < -0.3 is 13.3 Å². The van der Waals surface area contributed by atoms with Crippen molar-refractivity contribution in [1.29, 1.82) is 0 Å². The van der Waals surface area contributed by atoms with Crippen molar-refractivity contribution >= 4 is 0 Å². The summed E-state index contributed by atoms with van der Waals surface area (Å²) in [6, 6.07) is 12.5. The molecule has 3 aromatic heterocycles. The molecule has 0 radical (unpaired) electrons. The normalized spacial score (nSPS) is 20.4. The van der Waals surface area contributed by atoms with Gasteiger partial charge in [-0.3, -0.25) is 0 Å². The average molecular weight is 324 g/mol. The first-order valence-electron chi connectivity index (χ1n) is 8.77. The van der Waals surface area contributed by atoms with Crippen molar-refractivity contribution in [2.24, 2.45) is 0 Å². The number of rotatable bonds is 3. The Labute approximate surface area is 142 Å². The molecule has 1 unspecified atom stereocenters. The minimum Gasteiger partial charge on any atom is -0.466 e. The second-order valence-corrected chi connectivity index (χ2v) is 7.14. The molecule has 0 aliphatic heterocycles. The molecule has 0 amide bonds. The van der Waals surface area contributed by atoms with Crippen LogP contribution in [0.25, 0.3) is 0 Å². The van der Waals surface area contributed by atoms with E-state index in [1.54, 1.807) is 0 Å². The molecule has 3 heteroatoms. The second-order valence-electron chi connectivity index (χ2n) is 7.14. The van der Waals surface area contributed by atoms with Crippen LogP contribution in [0, 0.1) is 20.8 Å². The molecule has 3 aromatic rings. The topological polar surface area (TPSA) is 39.4 Å². The van der Waals surface area contributed by atoms with E-state index in [1.165, 1.54) is 0 Å². The maximum Gasteiger partial charge on any atom is 0.117 e. The molecule has 126 valence electrons. The van der Waals surface area contributed by atoms with Gasteiger partial charge in [0.2, 0.25) is 0 Å². The van der Waals surface area contributed by atoms with E-state index in [0.29, 0.717) is 5.92 Å². The van der Waals surface area contributed by atoms with E-state index >= 15 is 0 Å². The van der Waals surface area contributed by atoms with Crippen LogP contribution in [0.3, 0.4) is 0 Å². The Morgan fingerprint density at radius 3 is 1.88 bits per heavy atom. The lowest BCUT2D eigenvalue weighted by molar-refractivity contribution is 0.213. The van der Waals surface area contributed by atoms with Gasteiger partial charge in [-0.15, -0.1) is 0 Å². The maximum absolute atomic E-state index is 6.09. The Morgan fingerprint density at radius 1 is 0.792 bits per heavy atom. The van der Waals surface area contributed by atoms with Gasteiger partial charge in [0.05, 0.1) is 5.41 Å². The third kappa shape index (κ3) is 2.52. The van der Waals surface area contributed by atoms with Crippen LogP contribution >= 0.6 is 0 Å². The van der Waals surface area contributed by atoms with Gasteiger partial charge in [-0.25, -0.2) is 0 Å². The highest BCUT2D eigenvalue weighted by molar-refractivity contribution is 5.32. The predicted molar refractivity (Wildman–Crippen MR) is 92.3 cm³/mol. The van der Waals surface area contributed by atoms with Gasteiger partial charge in [-0.1, -0.05) is 6.42 Å². The minimum atomic E-state index is -0.202. The predicted octanol–water partition coefficient (Wildman–Crippen LogP) is 6.03. The summed E-state index contributed by atoms with van der Waals surface area (Å²) in [7, 11) is 0. The summed E-state index contributed by atoms with van der Waals surface area (Å²) in [5, 5.41) is 0. The standard InChI is InChI=1S/C21H24O3/c1-14-6-9-18(22-14)17-5-4-12-21(13-17,19-10-7-15(2)23-19)20-11-8-16(3)24-20/h6-11,17H,4-5,12-13H2,1-3H3. The highest BCUT2D eigenvalue weighted by Crippen LogP contribution is 2.50. The lowest BCUT2D eigenvalue weighted by atomic mass is 9.66. The smallest absolute Gasteiger partial charge is 0.117 e. The fourth-order valence-corrected chi connectivity index (χ4v) is 4.14. The Morgan fingerprint density at radius 2 is 1.38 bits per heavy atom. The Hall–Kier alpha value is -2.16. The summed E-state index contributed by atoms with van der Waals surface area (Å²) in [4.78, 5) is 0. The van der Waals surface area contributed by atoms with Crippen LogP contribution in [-0.4, -0.2) is 0 Å². The Bertz CT molecular complexity index is 793. The van der Waals surface area contributed by atoms with Gasteiger partial charge in [-0.2, -0.15) is 0 Å². The van der Waals surface area contributed by atoms with E-state index in [4.69, 9.17) is 13.3 Å². The Balaban J connectivity index is 1.78. The van der Waals surface area contributed by atoms with E-state index in [9.17, 15) is 0 Å². The van der Waals surface area contributed by atoms with E-state index in [0.717, 1.165) is 60.2 Å². The van der Waals surface area contributed by atoms with Gasteiger partial charge in [0.1, 0.15) is 34.6 Å². The van der Waals surface area contributed by atoms with Crippen molar-refractivity contribution in [2.45, 2.75) is 57.8 Å². The molecule has 0 saturated heterocycles. The van der Waals surface area contributed by atoms with E-state index in [1.807, 2.05) is 32.9 Å². The maximum atomic E-state index is 6.09. The van der Waals surface area contributed by atoms with Gasteiger partial charge >= 0.3 is 0 Å². The summed E-state index contributed by atoms with van der Waals surface area (Å²) in [6.07, 6.45) is 4.28. The largest absolute Gasteiger partial charge is 0.466 e. The van der Waals surface area contributed by atoms with Gasteiger partial charge in [0.15, 0.2) is 0 Å². The molecule has 24 heavy (non-hydrogen) atoms. The quantitative estimate of drug-likeness (QED) is 0.590. The number of hydrogen-bond donors (Lipinski definition) is 0. The van der Waals surface area contributed by atoms with Crippen LogP contribution in [0.5, 0.6) is 0 Å². The summed E-state index contributed by atoms with van der Waals surface area (Å²) in [6.45, 7) is 6.01. The Kier molecular flexibility index (Phi) is 3.67. The average Bonchev–Trinajstić information content (AvgIpc) is 3.29. The van der Waals surface area contributed by atoms with Crippen LogP contribution in [0.1, 0.15) is 66.2 Å². The molecule has 1 aliphatic carbocycles. The SMILES string of the molecule is Cc1ccc(C2CCCC(c3ccc(C)o3)(c3ccc(C)o3)C2)o1. The van der Waals surface area contributed by atoms with Crippen LogP contribution in [-0.2, 0) is 5.41 Å². The summed E-state index contributed by atoms with van der Waals surface area (Å²) in [5.41, 5.74) is -0.202. The molecule has 0 spiro atoms. The van der Waals surface area contributed by atoms with Crippen LogP contribution in [0.2, 0.25) is 0 Å². The molecule has 0 N–H and O–H groups in total. The fraction of sp³-hybridized carbons (Fsp3) is 0.429. The highest BCUT2D eigenvalue weighted by Gasteiger charge is 2.45.